The second kappa shape index (κ2) is 5.44. The maximum Gasteiger partial charge on any atom is 0.260 e. The third-order valence-corrected chi connectivity index (χ3v) is 1.83. The van der Waals surface area contributed by atoms with Gasteiger partial charge in [0.15, 0.2) is 11.9 Å². The number of carbonyl (C=O) groups excluding carboxylic acids is 1. The molecule has 5 heteroatoms. The van der Waals surface area contributed by atoms with Crippen molar-refractivity contribution in [2.45, 2.75) is 32.9 Å². The van der Waals surface area contributed by atoms with E-state index in [-0.39, 0.29) is 17.7 Å². The smallest absolute Gasteiger partial charge is 0.260 e. The Morgan fingerprint density at radius 2 is 2.19 bits per heavy atom. The van der Waals surface area contributed by atoms with Gasteiger partial charge in [-0.3, -0.25) is 4.79 Å². The Balaban J connectivity index is 2.61. The average molecular weight is 226 g/mol. The number of pyridine rings is 1. The first-order chi connectivity index (χ1) is 7.50. The molecule has 0 bridgehead atoms. The highest BCUT2D eigenvalue weighted by Crippen LogP contribution is 2.14. The Bertz CT molecular complexity index is 369. The summed E-state index contributed by atoms with van der Waals surface area (Å²) >= 11 is 0. The van der Waals surface area contributed by atoms with Crippen LogP contribution in [-0.2, 0) is 4.79 Å². The molecule has 0 aliphatic rings. The number of amides is 1. The maximum absolute atomic E-state index is 13.1. The number of carbonyl (C=O) groups is 1. The lowest BCUT2D eigenvalue weighted by Gasteiger charge is -2.16. The zero-order valence-electron chi connectivity index (χ0n) is 9.53. The summed E-state index contributed by atoms with van der Waals surface area (Å²) in [4.78, 5) is 14.9. The molecular formula is C11H15FN2O2. The third kappa shape index (κ3) is 3.49. The molecule has 1 unspecified atom stereocenters. The van der Waals surface area contributed by atoms with Crippen molar-refractivity contribution in [2.24, 2.45) is 0 Å². The van der Waals surface area contributed by atoms with Crippen molar-refractivity contribution < 1.29 is 13.9 Å². The predicted octanol–water partition coefficient (Wildman–Crippen LogP) is 1.51. The van der Waals surface area contributed by atoms with Gasteiger partial charge >= 0.3 is 0 Å². The Hall–Kier alpha value is -1.65. The first kappa shape index (κ1) is 12.4. The van der Waals surface area contributed by atoms with Gasteiger partial charge in [0.1, 0.15) is 0 Å². The lowest BCUT2D eigenvalue weighted by molar-refractivity contribution is -0.127. The number of aromatic nitrogens is 1. The number of ether oxygens (including phenoxy) is 1. The molecule has 0 radical (unpaired) electrons. The quantitative estimate of drug-likeness (QED) is 0.792. The zero-order chi connectivity index (χ0) is 12.1. The Morgan fingerprint density at radius 3 is 2.75 bits per heavy atom. The van der Waals surface area contributed by atoms with Crippen LogP contribution in [0, 0.1) is 5.95 Å². The van der Waals surface area contributed by atoms with Gasteiger partial charge in [-0.2, -0.15) is 4.39 Å². The number of hydrogen-bond acceptors (Lipinski definition) is 3. The van der Waals surface area contributed by atoms with E-state index in [2.05, 4.69) is 10.3 Å². The van der Waals surface area contributed by atoms with Gasteiger partial charge in [0.2, 0.25) is 0 Å². The third-order valence-electron chi connectivity index (χ3n) is 1.83. The molecule has 1 atom stereocenters. The first-order valence-electron chi connectivity index (χ1n) is 5.08. The average Bonchev–Trinajstić information content (AvgIpc) is 2.20. The fourth-order valence-corrected chi connectivity index (χ4v) is 1.11. The van der Waals surface area contributed by atoms with E-state index in [0.717, 1.165) is 0 Å². The molecule has 0 spiro atoms. The molecule has 0 saturated heterocycles. The molecule has 1 N–H and O–H groups in total. The highest BCUT2D eigenvalue weighted by atomic mass is 19.1. The van der Waals surface area contributed by atoms with Gasteiger partial charge in [-0.15, -0.1) is 0 Å². The van der Waals surface area contributed by atoms with E-state index in [1.54, 1.807) is 13.0 Å². The van der Waals surface area contributed by atoms with Crippen LogP contribution in [0.15, 0.2) is 18.3 Å². The van der Waals surface area contributed by atoms with Gasteiger partial charge in [-0.05, 0) is 32.9 Å². The molecule has 1 heterocycles. The van der Waals surface area contributed by atoms with Gasteiger partial charge in [0.05, 0.1) is 0 Å². The van der Waals surface area contributed by atoms with Crippen LogP contribution in [0.1, 0.15) is 20.8 Å². The van der Waals surface area contributed by atoms with Crippen molar-refractivity contribution >= 4 is 5.91 Å². The molecule has 88 valence electrons. The Kier molecular flexibility index (Phi) is 4.22. The fourth-order valence-electron chi connectivity index (χ4n) is 1.11. The van der Waals surface area contributed by atoms with Crippen LogP contribution < -0.4 is 10.1 Å². The second-order valence-electron chi connectivity index (χ2n) is 3.72. The number of rotatable bonds is 4. The lowest BCUT2D eigenvalue weighted by Crippen LogP contribution is -2.40. The molecule has 0 fully saturated rings. The van der Waals surface area contributed by atoms with Crippen molar-refractivity contribution in [2.75, 3.05) is 0 Å². The molecule has 1 rings (SSSR count). The summed E-state index contributed by atoms with van der Waals surface area (Å²) in [5.74, 6) is -1.01. The summed E-state index contributed by atoms with van der Waals surface area (Å²) in [6.07, 6.45) is 0.572. The van der Waals surface area contributed by atoms with Crippen LogP contribution in [0.4, 0.5) is 4.39 Å². The molecule has 4 nitrogen and oxygen atoms in total. The predicted molar refractivity (Wildman–Crippen MR) is 57.6 cm³/mol. The summed E-state index contributed by atoms with van der Waals surface area (Å²) in [5.41, 5.74) is 0. The molecule has 1 amide bonds. The van der Waals surface area contributed by atoms with Gasteiger partial charge in [0.25, 0.3) is 11.9 Å². The summed E-state index contributed by atoms with van der Waals surface area (Å²) in [5, 5.41) is 2.68. The van der Waals surface area contributed by atoms with E-state index in [0.29, 0.717) is 0 Å². The van der Waals surface area contributed by atoms with Crippen molar-refractivity contribution in [1.29, 1.82) is 0 Å². The van der Waals surface area contributed by atoms with Crippen LogP contribution in [0.5, 0.6) is 5.75 Å². The normalized spacial score (nSPS) is 12.3. The number of nitrogens with one attached hydrogen (secondary N) is 1. The minimum Gasteiger partial charge on any atom is -0.476 e. The van der Waals surface area contributed by atoms with Crippen LogP contribution in [0.2, 0.25) is 0 Å². The zero-order valence-corrected chi connectivity index (χ0v) is 9.53. The van der Waals surface area contributed by atoms with E-state index in [1.165, 1.54) is 12.3 Å². The minimum atomic E-state index is -0.749. The van der Waals surface area contributed by atoms with E-state index in [4.69, 9.17) is 4.74 Å². The Morgan fingerprint density at radius 1 is 1.50 bits per heavy atom. The highest BCUT2D eigenvalue weighted by molar-refractivity contribution is 5.80. The number of nitrogens with zero attached hydrogens (tertiary/aromatic N) is 1. The first-order valence-corrected chi connectivity index (χ1v) is 5.08. The van der Waals surface area contributed by atoms with Crippen LogP contribution >= 0.6 is 0 Å². The summed E-state index contributed by atoms with van der Waals surface area (Å²) in [6.45, 7) is 5.24. The van der Waals surface area contributed by atoms with Crippen molar-refractivity contribution in [3.05, 3.63) is 24.3 Å². The van der Waals surface area contributed by atoms with Crippen molar-refractivity contribution in [1.82, 2.24) is 10.3 Å². The maximum atomic E-state index is 13.1. The molecule has 1 aromatic heterocycles. The van der Waals surface area contributed by atoms with Gasteiger partial charge in [-0.25, -0.2) is 4.98 Å². The minimum absolute atomic E-state index is 0.0195. The molecule has 16 heavy (non-hydrogen) atoms. The molecule has 1 aromatic rings. The topological polar surface area (TPSA) is 51.2 Å². The lowest BCUT2D eigenvalue weighted by atomic mass is 10.3. The number of halogens is 1. The SMILES string of the molecule is CC(C)NC(=O)C(C)Oc1cccnc1F. The monoisotopic (exact) mass is 226 g/mol. The summed E-state index contributed by atoms with van der Waals surface area (Å²) in [6, 6.07) is 3.00. The Labute approximate surface area is 93.8 Å². The summed E-state index contributed by atoms with van der Waals surface area (Å²) < 4.78 is 18.3. The van der Waals surface area contributed by atoms with Crippen LogP contribution in [-0.4, -0.2) is 23.0 Å². The van der Waals surface area contributed by atoms with Gasteiger partial charge in [-0.1, -0.05) is 0 Å². The van der Waals surface area contributed by atoms with Crippen LogP contribution in [0.25, 0.3) is 0 Å². The van der Waals surface area contributed by atoms with E-state index < -0.39 is 12.1 Å². The van der Waals surface area contributed by atoms with Crippen molar-refractivity contribution in [3.63, 3.8) is 0 Å². The fraction of sp³-hybridized carbons (Fsp3) is 0.455. The number of hydrogen-bond donors (Lipinski definition) is 1. The van der Waals surface area contributed by atoms with Crippen LogP contribution in [0.3, 0.4) is 0 Å². The second-order valence-corrected chi connectivity index (χ2v) is 3.72. The van der Waals surface area contributed by atoms with Gasteiger partial charge < -0.3 is 10.1 Å². The highest BCUT2D eigenvalue weighted by Gasteiger charge is 2.17. The molecule has 0 saturated carbocycles. The molecule has 0 aliphatic heterocycles. The van der Waals surface area contributed by atoms with Crippen molar-refractivity contribution in [3.8, 4) is 5.75 Å². The summed E-state index contributed by atoms with van der Waals surface area (Å²) in [7, 11) is 0. The van der Waals surface area contributed by atoms with Gasteiger partial charge in [0, 0.05) is 12.2 Å². The van der Waals surface area contributed by atoms with E-state index >= 15 is 0 Å². The molecule has 0 aromatic carbocycles. The molecular weight excluding hydrogens is 211 g/mol. The van der Waals surface area contributed by atoms with E-state index in [1.807, 2.05) is 13.8 Å². The molecule has 0 aliphatic carbocycles. The standard InChI is InChI=1S/C11H15FN2O2/c1-7(2)14-11(15)8(3)16-9-5-4-6-13-10(9)12/h4-8H,1-3H3,(H,14,15). The van der Waals surface area contributed by atoms with E-state index in [9.17, 15) is 9.18 Å². The largest absolute Gasteiger partial charge is 0.476 e.